The summed E-state index contributed by atoms with van der Waals surface area (Å²) in [6.07, 6.45) is 0. The average Bonchev–Trinajstić information content (AvgIpc) is 2.70. The lowest BCUT2D eigenvalue weighted by molar-refractivity contribution is 0.0694. The van der Waals surface area contributed by atoms with Crippen LogP contribution < -0.4 is 0 Å². The van der Waals surface area contributed by atoms with Crippen LogP contribution >= 0.6 is 34.8 Å². The molecule has 0 aliphatic heterocycles. The fourth-order valence-electron chi connectivity index (χ4n) is 1.90. The van der Waals surface area contributed by atoms with Gasteiger partial charge in [-0.2, -0.15) is 5.10 Å². The molecule has 0 bridgehead atoms. The first-order chi connectivity index (χ1) is 9.62. The van der Waals surface area contributed by atoms with Crippen LogP contribution in [0.1, 0.15) is 36.8 Å². The van der Waals surface area contributed by atoms with Crippen LogP contribution in [-0.4, -0.2) is 20.9 Å². The van der Waals surface area contributed by atoms with E-state index in [1.807, 2.05) is 20.8 Å². The molecule has 0 saturated carbocycles. The summed E-state index contributed by atoms with van der Waals surface area (Å²) in [6.45, 7) is 5.62. The van der Waals surface area contributed by atoms with Gasteiger partial charge in [0, 0.05) is 5.41 Å². The van der Waals surface area contributed by atoms with E-state index < -0.39 is 11.4 Å². The fourth-order valence-corrected chi connectivity index (χ4v) is 2.50. The molecular formula is C14H13Cl3N2O2. The van der Waals surface area contributed by atoms with Gasteiger partial charge in [0.2, 0.25) is 0 Å². The van der Waals surface area contributed by atoms with Gasteiger partial charge in [-0.3, -0.25) is 0 Å². The van der Waals surface area contributed by atoms with Gasteiger partial charge in [-0.15, -0.1) is 0 Å². The van der Waals surface area contributed by atoms with E-state index in [0.29, 0.717) is 21.4 Å². The maximum atomic E-state index is 11.5. The standard InChI is InChI=1S/C14H13Cl3N2O2/c1-14(2,3)11-10(13(20)21)12(17)19(18-11)7-4-5-8(15)9(16)6-7/h4-6H,1-3H3,(H,20,21). The van der Waals surface area contributed by atoms with Crippen molar-refractivity contribution < 1.29 is 9.90 Å². The van der Waals surface area contributed by atoms with E-state index in [0.717, 1.165) is 0 Å². The van der Waals surface area contributed by atoms with Gasteiger partial charge in [0.15, 0.2) is 0 Å². The number of halogens is 3. The Morgan fingerprint density at radius 2 is 1.81 bits per heavy atom. The number of benzene rings is 1. The molecule has 0 atom stereocenters. The number of hydrogen-bond donors (Lipinski definition) is 1. The van der Waals surface area contributed by atoms with E-state index >= 15 is 0 Å². The monoisotopic (exact) mass is 346 g/mol. The van der Waals surface area contributed by atoms with Crippen molar-refractivity contribution in [3.05, 3.63) is 44.7 Å². The number of nitrogens with zero attached hydrogens (tertiary/aromatic N) is 2. The Hall–Kier alpha value is -1.23. The molecule has 2 aromatic rings. The van der Waals surface area contributed by atoms with Gasteiger partial charge in [-0.1, -0.05) is 55.6 Å². The smallest absolute Gasteiger partial charge is 0.340 e. The van der Waals surface area contributed by atoms with Crippen molar-refractivity contribution in [2.45, 2.75) is 26.2 Å². The summed E-state index contributed by atoms with van der Waals surface area (Å²) in [4.78, 5) is 11.5. The van der Waals surface area contributed by atoms with Crippen molar-refractivity contribution in [2.75, 3.05) is 0 Å². The van der Waals surface area contributed by atoms with Crippen LogP contribution in [-0.2, 0) is 5.41 Å². The van der Waals surface area contributed by atoms with Crippen molar-refractivity contribution >= 4 is 40.8 Å². The lowest BCUT2D eigenvalue weighted by atomic mass is 9.89. The second kappa shape index (κ2) is 5.52. The first-order valence-electron chi connectivity index (χ1n) is 6.10. The molecule has 1 aromatic heterocycles. The first kappa shape index (κ1) is 16.1. The average molecular weight is 348 g/mol. The van der Waals surface area contributed by atoms with E-state index in [9.17, 15) is 9.90 Å². The van der Waals surface area contributed by atoms with Gasteiger partial charge in [-0.05, 0) is 18.2 Å². The van der Waals surface area contributed by atoms with Crippen molar-refractivity contribution in [3.63, 3.8) is 0 Å². The van der Waals surface area contributed by atoms with Crippen LogP contribution in [0.5, 0.6) is 0 Å². The maximum Gasteiger partial charge on any atom is 0.340 e. The molecule has 2 rings (SSSR count). The molecule has 0 unspecified atom stereocenters. The van der Waals surface area contributed by atoms with Crippen LogP contribution in [0, 0.1) is 0 Å². The molecule has 0 saturated heterocycles. The van der Waals surface area contributed by atoms with Crippen molar-refractivity contribution in [1.29, 1.82) is 0 Å². The molecule has 0 fully saturated rings. The number of carboxylic acid groups (broad SMARTS) is 1. The molecule has 0 aliphatic carbocycles. The van der Waals surface area contributed by atoms with E-state index in [-0.39, 0.29) is 10.7 Å². The number of carbonyl (C=O) groups is 1. The lowest BCUT2D eigenvalue weighted by Gasteiger charge is -2.15. The number of rotatable bonds is 2. The van der Waals surface area contributed by atoms with E-state index in [2.05, 4.69) is 5.10 Å². The second-order valence-corrected chi connectivity index (χ2v) is 6.75. The van der Waals surface area contributed by atoms with Crippen LogP contribution in [0.4, 0.5) is 0 Å². The van der Waals surface area contributed by atoms with E-state index in [1.54, 1.807) is 18.2 Å². The second-order valence-electron chi connectivity index (χ2n) is 5.58. The Morgan fingerprint density at radius 1 is 1.19 bits per heavy atom. The Kier molecular flexibility index (Phi) is 4.24. The number of carboxylic acids is 1. The number of aromatic nitrogens is 2. The normalized spacial score (nSPS) is 11.7. The maximum absolute atomic E-state index is 11.5. The number of aromatic carboxylic acids is 1. The zero-order valence-corrected chi connectivity index (χ0v) is 13.9. The zero-order valence-electron chi connectivity index (χ0n) is 11.6. The van der Waals surface area contributed by atoms with Crippen LogP contribution in [0.2, 0.25) is 15.2 Å². The minimum Gasteiger partial charge on any atom is -0.478 e. The summed E-state index contributed by atoms with van der Waals surface area (Å²) in [7, 11) is 0. The lowest BCUT2D eigenvalue weighted by Crippen LogP contribution is -2.16. The fraction of sp³-hybridized carbons (Fsp3) is 0.286. The van der Waals surface area contributed by atoms with E-state index in [1.165, 1.54) is 4.68 Å². The highest BCUT2D eigenvalue weighted by Crippen LogP contribution is 2.33. The van der Waals surface area contributed by atoms with Crippen molar-refractivity contribution in [1.82, 2.24) is 9.78 Å². The van der Waals surface area contributed by atoms with Crippen LogP contribution in [0.25, 0.3) is 5.69 Å². The summed E-state index contributed by atoms with van der Waals surface area (Å²) >= 11 is 18.1. The van der Waals surface area contributed by atoms with Gasteiger partial charge >= 0.3 is 5.97 Å². The van der Waals surface area contributed by atoms with Gasteiger partial charge < -0.3 is 5.11 Å². The van der Waals surface area contributed by atoms with Crippen molar-refractivity contribution in [3.8, 4) is 5.69 Å². The molecule has 4 nitrogen and oxygen atoms in total. The highest BCUT2D eigenvalue weighted by Gasteiger charge is 2.30. The SMILES string of the molecule is CC(C)(C)c1nn(-c2ccc(Cl)c(Cl)c2)c(Cl)c1C(=O)O. The quantitative estimate of drug-likeness (QED) is 0.846. The largest absolute Gasteiger partial charge is 0.478 e. The molecule has 21 heavy (non-hydrogen) atoms. The zero-order chi connectivity index (χ0) is 15.9. The highest BCUT2D eigenvalue weighted by molar-refractivity contribution is 6.42. The predicted octanol–water partition coefficient (Wildman–Crippen LogP) is 4.83. The summed E-state index contributed by atoms with van der Waals surface area (Å²) in [5.41, 5.74) is 0.493. The molecular weight excluding hydrogens is 335 g/mol. The third-order valence-corrected chi connectivity index (χ3v) is 3.99. The molecule has 1 N–H and O–H groups in total. The minimum atomic E-state index is -1.11. The number of hydrogen-bond acceptors (Lipinski definition) is 2. The summed E-state index contributed by atoms with van der Waals surface area (Å²) in [5, 5.41) is 14.5. The third kappa shape index (κ3) is 3.03. The first-order valence-corrected chi connectivity index (χ1v) is 7.24. The molecule has 0 aliphatic rings. The van der Waals surface area contributed by atoms with Crippen LogP contribution in [0.15, 0.2) is 18.2 Å². The summed E-state index contributed by atoms with van der Waals surface area (Å²) < 4.78 is 1.35. The predicted molar refractivity (Wildman–Crippen MR) is 84.3 cm³/mol. The molecule has 7 heteroatoms. The minimum absolute atomic E-state index is 0.00441. The topological polar surface area (TPSA) is 55.1 Å². The third-order valence-electron chi connectivity index (χ3n) is 2.90. The van der Waals surface area contributed by atoms with Gasteiger partial charge in [0.25, 0.3) is 0 Å². The van der Waals surface area contributed by atoms with E-state index in [4.69, 9.17) is 34.8 Å². The Balaban J connectivity index is 2.71. The van der Waals surface area contributed by atoms with Gasteiger partial charge in [-0.25, -0.2) is 9.48 Å². The molecule has 0 spiro atoms. The van der Waals surface area contributed by atoms with Gasteiger partial charge in [0.05, 0.1) is 21.4 Å². The highest BCUT2D eigenvalue weighted by atomic mass is 35.5. The molecule has 112 valence electrons. The van der Waals surface area contributed by atoms with Gasteiger partial charge in [0.1, 0.15) is 10.7 Å². The molecule has 0 radical (unpaired) electrons. The Labute approximate surface area is 137 Å². The molecule has 1 heterocycles. The molecule has 0 amide bonds. The van der Waals surface area contributed by atoms with Crippen molar-refractivity contribution in [2.24, 2.45) is 0 Å². The summed E-state index contributed by atoms with van der Waals surface area (Å²) in [5.74, 6) is -1.11. The van der Waals surface area contributed by atoms with Crippen LogP contribution in [0.3, 0.4) is 0 Å². The molecule has 1 aromatic carbocycles. The summed E-state index contributed by atoms with van der Waals surface area (Å²) in [6, 6.07) is 4.86. The Bertz CT molecular complexity index is 718. The Morgan fingerprint density at radius 3 is 2.24 bits per heavy atom.